The molecule has 1 unspecified atom stereocenters. The summed E-state index contributed by atoms with van der Waals surface area (Å²) in [5.74, 6) is 0. The zero-order chi connectivity index (χ0) is 14.2. The Morgan fingerprint density at radius 3 is 2.30 bits per heavy atom. The molecule has 0 aliphatic heterocycles. The summed E-state index contributed by atoms with van der Waals surface area (Å²) in [4.78, 5) is 0. The van der Waals surface area contributed by atoms with Crippen molar-refractivity contribution in [1.29, 1.82) is 0 Å². The molecular weight excluding hydrogens is 242 g/mol. The van der Waals surface area contributed by atoms with E-state index in [9.17, 15) is 0 Å². The number of hydrogen-bond acceptors (Lipinski definition) is 1. The van der Waals surface area contributed by atoms with Crippen molar-refractivity contribution in [1.82, 2.24) is 5.32 Å². The van der Waals surface area contributed by atoms with E-state index in [1.54, 1.807) is 0 Å². The van der Waals surface area contributed by atoms with Gasteiger partial charge in [-0.25, -0.2) is 0 Å². The molecule has 0 saturated carbocycles. The Kier molecular flexibility index (Phi) is 5.82. The molecule has 0 aliphatic rings. The van der Waals surface area contributed by atoms with Crippen LogP contribution in [0.2, 0.25) is 0 Å². The van der Waals surface area contributed by atoms with E-state index < -0.39 is 0 Å². The van der Waals surface area contributed by atoms with E-state index in [0.717, 1.165) is 19.4 Å². The summed E-state index contributed by atoms with van der Waals surface area (Å²) in [5, 5.41) is 3.61. The van der Waals surface area contributed by atoms with Crippen LogP contribution in [0.15, 0.2) is 54.6 Å². The lowest BCUT2D eigenvalue weighted by Crippen LogP contribution is -2.29. The first-order valence-corrected chi connectivity index (χ1v) is 7.57. The smallest absolute Gasteiger partial charge is 0.00791 e. The lowest BCUT2D eigenvalue weighted by molar-refractivity contribution is 0.534. The third-order valence-corrected chi connectivity index (χ3v) is 3.64. The van der Waals surface area contributed by atoms with E-state index in [-0.39, 0.29) is 0 Å². The second kappa shape index (κ2) is 7.86. The number of hydrogen-bond donors (Lipinski definition) is 1. The van der Waals surface area contributed by atoms with E-state index >= 15 is 0 Å². The highest BCUT2D eigenvalue weighted by Crippen LogP contribution is 2.06. The molecule has 1 atom stereocenters. The Morgan fingerprint density at radius 1 is 0.900 bits per heavy atom. The van der Waals surface area contributed by atoms with Gasteiger partial charge in [0, 0.05) is 6.04 Å². The van der Waals surface area contributed by atoms with Crippen LogP contribution in [0.5, 0.6) is 0 Å². The Labute approximate surface area is 123 Å². The van der Waals surface area contributed by atoms with E-state index in [1.165, 1.54) is 23.1 Å². The average Bonchev–Trinajstić information content (AvgIpc) is 2.46. The standard InChI is InChI=1S/C19H25N/c1-16-10-12-18(13-11-16)9-6-14-20-17(2)15-19-7-4-3-5-8-19/h3-5,7-8,10-13,17,20H,6,9,14-15H2,1-2H3. The van der Waals surface area contributed by atoms with Gasteiger partial charge in [0.1, 0.15) is 0 Å². The summed E-state index contributed by atoms with van der Waals surface area (Å²) in [6.07, 6.45) is 3.46. The topological polar surface area (TPSA) is 12.0 Å². The van der Waals surface area contributed by atoms with Crippen molar-refractivity contribution in [3.63, 3.8) is 0 Å². The molecule has 0 heterocycles. The van der Waals surface area contributed by atoms with Crippen molar-refractivity contribution in [3.05, 3.63) is 71.3 Å². The van der Waals surface area contributed by atoms with Crippen molar-refractivity contribution in [2.75, 3.05) is 6.54 Å². The monoisotopic (exact) mass is 267 g/mol. The minimum absolute atomic E-state index is 0.537. The van der Waals surface area contributed by atoms with Crippen LogP contribution in [-0.4, -0.2) is 12.6 Å². The van der Waals surface area contributed by atoms with E-state index in [4.69, 9.17) is 0 Å². The lowest BCUT2D eigenvalue weighted by Gasteiger charge is -2.13. The van der Waals surface area contributed by atoms with Gasteiger partial charge in [-0.1, -0.05) is 60.2 Å². The molecule has 106 valence electrons. The molecule has 0 fully saturated rings. The molecule has 0 bridgehead atoms. The summed E-state index contributed by atoms with van der Waals surface area (Å²) in [6.45, 7) is 5.48. The normalized spacial score (nSPS) is 12.3. The van der Waals surface area contributed by atoms with Crippen LogP contribution in [0.3, 0.4) is 0 Å². The van der Waals surface area contributed by atoms with Gasteiger partial charge in [-0.15, -0.1) is 0 Å². The predicted octanol–water partition coefficient (Wildman–Crippen LogP) is 4.15. The fourth-order valence-corrected chi connectivity index (χ4v) is 2.44. The van der Waals surface area contributed by atoms with Crippen LogP contribution < -0.4 is 5.32 Å². The maximum atomic E-state index is 3.61. The minimum atomic E-state index is 0.537. The van der Waals surface area contributed by atoms with Crippen molar-refractivity contribution in [2.45, 2.75) is 39.2 Å². The summed E-state index contributed by atoms with van der Waals surface area (Å²) < 4.78 is 0. The molecule has 0 amide bonds. The SMILES string of the molecule is Cc1ccc(CCCNC(C)Cc2ccccc2)cc1. The number of benzene rings is 2. The molecular formula is C19H25N. The Hall–Kier alpha value is -1.60. The van der Waals surface area contributed by atoms with Gasteiger partial charge in [-0.3, -0.25) is 0 Å². The van der Waals surface area contributed by atoms with Gasteiger partial charge >= 0.3 is 0 Å². The second-order valence-corrected chi connectivity index (χ2v) is 5.63. The van der Waals surface area contributed by atoms with Crippen LogP contribution >= 0.6 is 0 Å². The molecule has 2 rings (SSSR count). The number of nitrogens with one attached hydrogen (secondary N) is 1. The van der Waals surface area contributed by atoms with Gasteiger partial charge < -0.3 is 5.32 Å². The second-order valence-electron chi connectivity index (χ2n) is 5.63. The first-order valence-electron chi connectivity index (χ1n) is 7.57. The van der Waals surface area contributed by atoms with Gasteiger partial charge in [0.2, 0.25) is 0 Å². The van der Waals surface area contributed by atoms with Gasteiger partial charge in [-0.05, 0) is 50.8 Å². The zero-order valence-electron chi connectivity index (χ0n) is 12.6. The molecule has 2 aromatic carbocycles. The summed E-state index contributed by atoms with van der Waals surface area (Å²) in [7, 11) is 0. The van der Waals surface area contributed by atoms with Crippen molar-refractivity contribution < 1.29 is 0 Å². The highest BCUT2D eigenvalue weighted by Gasteiger charge is 2.02. The predicted molar refractivity (Wildman–Crippen MR) is 87.1 cm³/mol. The van der Waals surface area contributed by atoms with Crippen LogP contribution in [-0.2, 0) is 12.8 Å². The van der Waals surface area contributed by atoms with Crippen molar-refractivity contribution in [2.24, 2.45) is 0 Å². The van der Waals surface area contributed by atoms with Crippen LogP contribution in [0.25, 0.3) is 0 Å². The molecule has 0 radical (unpaired) electrons. The number of rotatable bonds is 7. The first-order chi connectivity index (χ1) is 9.74. The molecule has 0 spiro atoms. The number of aryl methyl sites for hydroxylation is 2. The Bertz CT molecular complexity index is 487. The summed E-state index contributed by atoms with van der Waals surface area (Å²) in [5.41, 5.74) is 4.18. The highest BCUT2D eigenvalue weighted by atomic mass is 14.9. The van der Waals surface area contributed by atoms with E-state index in [1.807, 2.05) is 0 Å². The van der Waals surface area contributed by atoms with E-state index in [0.29, 0.717) is 6.04 Å². The maximum Gasteiger partial charge on any atom is 0.00791 e. The fraction of sp³-hybridized carbons (Fsp3) is 0.368. The third-order valence-electron chi connectivity index (χ3n) is 3.64. The van der Waals surface area contributed by atoms with E-state index in [2.05, 4.69) is 73.8 Å². The summed E-state index contributed by atoms with van der Waals surface area (Å²) in [6, 6.07) is 20.1. The molecule has 20 heavy (non-hydrogen) atoms. The minimum Gasteiger partial charge on any atom is -0.314 e. The molecule has 0 aliphatic carbocycles. The molecule has 0 saturated heterocycles. The van der Waals surface area contributed by atoms with Gasteiger partial charge in [-0.2, -0.15) is 0 Å². The van der Waals surface area contributed by atoms with Gasteiger partial charge in [0.15, 0.2) is 0 Å². The van der Waals surface area contributed by atoms with Crippen molar-refractivity contribution in [3.8, 4) is 0 Å². The fourth-order valence-electron chi connectivity index (χ4n) is 2.44. The van der Waals surface area contributed by atoms with Gasteiger partial charge in [0.05, 0.1) is 0 Å². The third kappa shape index (κ3) is 5.18. The van der Waals surface area contributed by atoms with Gasteiger partial charge in [0.25, 0.3) is 0 Å². The lowest BCUT2D eigenvalue weighted by atomic mass is 10.1. The quantitative estimate of drug-likeness (QED) is 0.743. The van der Waals surface area contributed by atoms with Crippen molar-refractivity contribution >= 4 is 0 Å². The Balaban J connectivity index is 1.64. The van der Waals surface area contributed by atoms with Crippen LogP contribution in [0.1, 0.15) is 30.0 Å². The Morgan fingerprint density at radius 2 is 1.60 bits per heavy atom. The summed E-state index contributed by atoms with van der Waals surface area (Å²) >= 11 is 0. The first kappa shape index (κ1) is 14.8. The molecule has 1 nitrogen and oxygen atoms in total. The molecule has 1 heteroatoms. The largest absolute Gasteiger partial charge is 0.314 e. The maximum absolute atomic E-state index is 3.61. The van der Waals surface area contributed by atoms with Crippen LogP contribution in [0, 0.1) is 6.92 Å². The molecule has 0 aromatic heterocycles. The highest BCUT2D eigenvalue weighted by molar-refractivity contribution is 5.21. The van der Waals surface area contributed by atoms with Crippen LogP contribution in [0.4, 0.5) is 0 Å². The zero-order valence-corrected chi connectivity index (χ0v) is 12.6. The molecule has 1 N–H and O–H groups in total. The molecule has 2 aromatic rings. The average molecular weight is 267 g/mol.